The second-order valence-electron chi connectivity index (χ2n) is 3.51. The van der Waals surface area contributed by atoms with E-state index in [1.807, 2.05) is 6.92 Å². The van der Waals surface area contributed by atoms with Crippen LogP contribution in [0.15, 0.2) is 33.6 Å². The van der Waals surface area contributed by atoms with Gasteiger partial charge in [0, 0.05) is 12.4 Å². The van der Waals surface area contributed by atoms with Gasteiger partial charge in [0.15, 0.2) is 10.4 Å². The van der Waals surface area contributed by atoms with Crippen molar-refractivity contribution in [1.29, 1.82) is 0 Å². The van der Waals surface area contributed by atoms with Gasteiger partial charge in [-0.3, -0.25) is 4.79 Å². The number of carbonyl (C=O) groups is 1. The number of aromatic nitrogens is 2. The Kier molecular flexibility index (Phi) is 3.63. The number of aromatic amines is 1. The van der Waals surface area contributed by atoms with Crippen LogP contribution < -0.4 is 5.32 Å². The van der Waals surface area contributed by atoms with Crippen LogP contribution in [0.4, 0.5) is 0 Å². The SMILES string of the molecule is CCC(NC(=O)c1ccc(Br)o1)c1ncc[nH]1. The van der Waals surface area contributed by atoms with Crippen LogP contribution in [0.5, 0.6) is 0 Å². The van der Waals surface area contributed by atoms with Crippen molar-refractivity contribution in [1.82, 2.24) is 15.3 Å². The highest BCUT2D eigenvalue weighted by atomic mass is 79.9. The summed E-state index contributed by atoms with van der Waals surface area (Å²) < 4.78 is 5.72. The third kappa shape index (κ3) is 2.76. The molecular weight excluding hydrogens is 286 g/mol. The summed E-state index contributed by atoms with van der Waals surface area (Å²) in [6, 6.07) is 3.16. The molecule has 6 heteroatoms. The number of H-pyrrole nitrogens is 1. The topological polar surface area (TPSA) is 70.9 Å². The molecule has 0 bridgehead atoms. The monoisotopic (exact) mass is 297 g/mol. The number of furan rings is 1. The number of hydrogen-bond acceptors (Lipinski definition) is 3. The van der Waals surface area contributed by atoms with Crippen molar-refractivity contribution in [2.24, 2.45) is 0 Å². The van der Waals surface area contributed by atoms with E-state index in [1.165, 1.54) is 0 Å². The minimum atomic E-state index is -0.251. The van der Waals surface area contributed by atoms with E-state index < -0.39 is 0 Å². The van der Waals surface area contributed by atoms with E-state index in [-0.39, 0.29) is 17.7 Å². The first-order chi connectivity index (χ1) is 8.20. The van der Waals surface area contributed by atoms with Gasteiger partial charge in [-0.2, -0.15) is 0 Å². The summed E-state index contributed by atoms with van der Waals surface area (Å²) in [7, 11) is 0. The number of carbonyl (C=O) groups excluding carboxylic acids is 1. The highest BCUT2D eigenvalue weighted by molar-refractivity contribution is 9.10. The molecule has 1 unspecified atom stereocenters. The number of nitrogens with one attached hydrogen (secondary N) is 2. The quantitative estimate of drug-likeness (QED) is 0.911. The van der Waals surface area contributed by atoms with Crippen LogP contribution in [0.1, 0.15) is 35.8 Å². The van der Waals surface area contributed by atoms with Crippen LogP contribution in [0, 0.1) is 0 Å². The lowest BCUT2D eigenvalue weighted by molar-refractivity contribution is 0.0904. The van der Waals surface area contributed by atoms with Gasteiger partial charge < -0.3 is 14.7 Å². The molecule has 5 nitrogen and oxygen atoms in total. The number of nitrogens with zero attached hydrogens (tertiary/aromatic N) is 1. The molecule has 0 saturated heterocycles. The van der Waals surface area contributed by atoms with E-state index >= 15 is 0 Å². The van der Waals surface area contributed by atoms with Crippen molar-refractivity contribution in [2.45, 2.75) is 19.4 Å². The summed E-state index contributed by atoms with van der Waals surface area (Å²) in [6.07, 6.45) is 4.14. The molecule has 0 aromatic carbocycles. The summed E-state index contributed by atoms with van der Waals surface area (Å²) in [5.41, 5.74) is 0. The number of rotatable bonds is 4. The first-order valence-electron chi connectivity index (χ1n) is 5.26. The minimum absolute atomic E-state index is 0.138. The summed E-state index contributed by atoms with van der Waals surface area (Å²) >= 11 is 3.16. The molecule has 0 spiro atoms. The maximum atomic E-state index is 11.9. The standard InChI is InChI=1S/C11H12BrN3O2/c1-2-7(10-13-5-6-14-10)15-11(16)8-3-4-9(12)17-8/h3-7H,2H2,1H3,(H,13,14)(H,15,16). The van der Waals surface area contributed by atoms with Gasteiger partial charge in [0.2, 0.25) is 0 Å². The van der Waals surface area contributed by atoms with Gasteiger partial charge in [-0.1, -0.05) is 6.92 Å². The fourth-order valence-electron chi connectivity index (χ4n) is 1.50. The lowest BCUT2D eigenvalue weighted by Gasteiger charge is -2.13. The maximum absolute atomic E-state index is 11.9. The van der Waals surface area contributed by atoms with Crippen molar-refractivity contribution in [3.63, 3.8) is 0 Å². The largest absolute Gasteiger partial charge is 0.444 e. The molecule has 17 heavy (non-hydrogen) atoms. The normalized spacial score (nSPS) is 12.4. The van der Waals surface area contributed by atoms with Gasteiger partial charge in [-0.15, -0.1) is 0 Å². The van der Waals surface area contributed by atoms with Crippen molar-refractivity contribution in [2.75, 3.05) is 0 Å². The highest BCUT2D eigenvalue weighted by Gasteiger charge is 2.17. The third-order valence-corrected chi connectivity index (χ3v) is 2.79. The van der Waals surface area contributed by atoms with E-state index in [4.69, 9.17) is 4.42 Å². The van der Waals surface area contributed by atoms with Crippen molar-refractivity contribution < 1.29 is 9.21 Å². The Labute approximate surface area is 107 Å². The Bertz CT molecular complexity index is 493. The molecule has 0 aliphatic heterocycles. The van der Waals surface area contributed by atoms with E-state index in [9.17, 15) is 4.79 Å². The van der Waals surface area contributed by atoms with Gasteiger partial charge in [-0.05, 0) is 34.5 Å². The molecule has 2 rings (SSSR count). The number of halogens is 1. The second-order valence-corrected chi connectivity index (χ2v) is 4.29. The molecule has 0 aliphatic carbocycles. The molecule has 0 aliphatic rings. The Morgan fingerprint density at radius 3 is 3.00 bits per heavy atom. The number of amides is 1. The fourth-order valence-corrected chi connectivity index (χ4v) is 1.80. The van der Waals surface area contributed by atoms with Crippen LogP contribution in [0.3, 0.4) is 0 Å². The van der Waals surface area contributed by atoms with Gasteiger partial charge in [0.25, 0.3) is 5.91 Å². The van der Waals surface area contributed by atoms with Crippen LogP contribution in [-0.4, -0.2) is 15.9 Å². The molecule has 0 saturated carbocycles. The average molecular weight is 298 g/mol. The Balaban J connectivity index is 2.07. The van der Waals surface area contributed by atoms with Crippen LogP contribution in [0.25, 0.3) is 0 Å². The molecule has 1 amide bonds. The van der Waals surface area contributed by atoms with Crippen LogP contribution in [-0.2, 0) is 0 Å². The van der Waals surface area contributed by atoms with Gasteiger partial charge in [-0.25, -0.2) is 4.98 Å². The smallest absolute Gasteiger partial charge is 0.287 e. The van der Waals surface area contributed by atoms with Gasteiger partial charge in [0.1, 0.15) is 5.82 Å². The molecule has 2 aromatic heterocycles. The summed E-state index contributed by atoms with van der Waals surface area (Å²) in [4.78, 5) is 19.0. The van der Waals surface area contributed by atoms with E-state index in [2.05, 4.69) is 31.2 Å². The molecular formula is C11H12BrN3O2. The molecule has 1 atom stereocenters. The molecule has 0 radical (unpaired) electrons. The highest BCUT2D eigenvalue weighted by Crippen LogP contribution is 2.16. The lowest BCUT2D eigenvalue weighted by atomic mass is 10.2. The first-order valence-corrected chi connectivity index (χ1v) is 6.05. The number of hydrogen-bond donors (Lipinski definition) is 2. The third-order valence-electron chi connectivity index (χ3n) is 2.36. The van der Waals surface area contributed by atoms with Crippen LogP contribution in [0.2, 0.25) is 0 Å². The summed E-state index contributed by atoms with van der Waals surface area (Å²) in [5, 5.41) is 2.85. The molecule has 2 aromatic rings. The van der Waals surface area contributed by atoms with E-state index in [0.717, 1.165) is 12.2 Å². The average Bonchev–Trinajstić information content (AvgIpc) is 2.96. The zero-order valence-corrected chi connectivity index (χ0v) is 10.8. The summed E-state index contributed by atoms with van der Waals surface area (Å²) in [6.45, 7) is 1.98. The predicted molar refractivity (Wildman–Crippen MR) is 65.5 cm³/mol. The number of imidazole rings is 1. The predicted octanol–water partition coefficient (Wildman–Crippen LogP) is 2.65. The molecule has 0 fully saturated rings. The minimum Gasteiger partial charge on any atom is -0.444 e. The van der Waals surface area contributed by atoms with Gasteiger partial charge >= 0.3 is 0 Å². The molecule has 90 valence electrons. The van der Waals surface area contributed by atoms with E-state index in [0.29, 0.717) is 4.67 Å². The molecule has 2 heterocycles. The maximum Gasteiger partial charge on any atom is 0.287 e. The first kappa shape index (κ1) is 11.9. The van der Waals surface area contributed by atoms with Gasteiger partial charge in [0.05, 0.1) is 6.04 Å². The Morgan fingerprint density at radius 2 is 2.47 bits per heavy atom. The Morgan fingerprint density at radius 1 is 1.65 bits per heavy atom. The van der Waals surface area contributed by atoms with Crippen molar-refractivity contribution >= 4 is 21.8 Å². The second kappa shape index (κ2) is 5.18. The lowest BCUT2D eigenvalue weighted by Crippen LogP contribution is -2.28. The van der Waals surface area contributed by atoms with Crippen molar-refractivity contribution in [3.8, 4) is 0 Å². The fraction of sp³-hybridized carbons (Fsp3) is 0.273. The molecule has 2 N–H and O–H groups in total. The van der Waals surface area contributed by atoms with Crippen molar-refractivity contribution in [3.05, 3.63) is 40.8 Å². The van der Waals surface area contributed by atoms with Crippen LogP contribution >= 0.6 is 15.9 Å². The van der Waals surface area contributed by atoms with E-state index in [1.54, 1.807) is 24.5 Å². The summed E-state index contributed by atoms with van der Waals surface area (Å²) in [5.74, 6) is 0.771. The Hall–Kier alpha value is -1.56. The zero-order chi connectivity index (χ0) is 12.3. The zero-order valence-electron chi connectivity index (χ0n) is 9.24.